The average Bonchev–Trinajstić information content (AvgIpc) is 2.43. The second-order valence-corrected chi connectivity index (χ2v) is 6.73. The Kier molecular flexibility index (Phi) is 5.73. The maximum absolute atomic E-state index is 12.9. The molecule has 0 radical (unpaired) electrons. The first-order chi connectivity index (χ1) is 10.4. The van der Waals surface area contributed by atoms with Crippen molar-refractivity contribution >= 4 is 62.7 Å². The van der Waals surface area contributed by atoms with Gasteiger partial charge in [-0.25, -0.2) is 4.39 Å². The number of carbonyl (C=O) groups excluding carboxylic acids is 2. The van der Waals surface area contributed by atoms with Crippen LogP contribution in [0.1, 0.15) is 17.3 Å². The highest BCUT2D eigenvalue weighted by molar-refractivity contribution is 14.1. The van der Waals surface area contributed by atoms with Crippen LogP contribution in [0.5, 0.6) is 5.75 Å². The normalized spacial score (nSPS) is 10.2. The van der Waals surface area contributed by atoms with Crippen molar-refractivity contribution in [3.05, 3.63) is 54.9 Å². The van der Waals surface area contributed by atoms with Crippen molar-refractivity contribution in [3.63, 3.8) is 0 Å². The summed E-state index contributed by atoms with van der Waals surface area (Å²) in [5.74, 6) is -1.11. The summed E-state index contributed by atoms with van der Waals surface area (Å²) >= 11 is 4.08. The number of esters is 1. The van der Waals surface area contributed by atoms with Crippen LogP contribution in [-0.2, 0) is 4.79 Å². The summed E-state index contributed by atoms with van der Waals surface area (Å²) in [4.78, 5) is 23.6. The Morgan fingerprint density at radius 3 is 2.36 bits per heavy atom. The van der Waals surface area contributed by atoms with E-state index in [2.05, 4.69) is 27.9 Å². The molecule has 2 aromatic rings. The lowest BCUT2D eigenvalue weighted by atomic mass is 10.2. The van der Waals surface area contributed by atoms with Gasteiger partial charge in [-0.3, -0.25) is 9.59 Å². The van der Waals surface area contributed by atoms with Crippen LogP contribution in [0.4, 0.5) is 10.1 Å². The molecule has 0 atom stereocenters. The zero-order chi connectivity index (χ0) is 16.3. The predicted molar refractivity (Wildman–Crippen MR) is 97.5 cm³/mol. The molecule has 0 saturated heterocycles. The van der Waals surface area contributed by atoms with Crippen LogP contribution in [0.15, 0.2) is 36.4 Å². The molecule has 0 aromatic heterocycles. The molecule has 0 aliphatic rings. The summed E-state index contributed by atoms with van der Waals surface area (Å²) in [7, 11) is 0. The van der Waals surface area contributed by atoms with Crippen LogP contribution in [-0.4, -0.2) is 11.9 Å². The summed E-state index contributed by atoms with van der Waals surface area (Å²) in [5.41, 5.74) is 0.699. The lowest BCUT2D eigenvalue weighted by Crippen LogP contribution is -2.16. The maximum Gasteiger partial charge on any atom is 0.308 e. The molecular weight excluding hydrogens is 515 g/mol. The molecule has 0 unspecified atom stereocenters. The monoisotopic (exact) mass is 525 g/mol. The maximum atomic E-state index is 12.9. The zero-order valence-electron chi connectivity index (χ0n) is 11.3. The van der Waals surface area contributed by atoms with Crippen LogP contribution in [0.3, 0.4) is 0 Å². The fourth-order valence-electron chi connectivity index (χ4n) is 1.71. The Morgan fingerprint density at radius 1 is 1.14 bits per heavy atom. The van der Waals surface area contributed by atoms with Crippen molar-refractivity contribution < 1.29 is 18.7 Å². The number of ether oxygens (including phenoxy) is 1. The highest BCUT2D eigenvalue weighted by Crippen LogP contribution is 2.29. The summed E-state index contributed by atoms with van der Waals surface area (Å²) in [5, 5.41) is 2.65. The first kappa shape index (κ1) is 17.1. The number of benzene rings is 2. The number of rotatable bonds is 3. The van der Waals surface area contributed by atoms with Gasteiger partial charge in [0.1, 0.15) is 5.82 Å². The van der Waals surface area contributed by atoms with Crippen molar-refractivity contribution in [1.29, 1.82) is 0 Å². The number of anilines is 1. The van der Waals surface area contributed by atoms with E-state index in [4.69, 9.17) is 4.74 Å². The number of hydrogen-bond acceptors (Lipinski definition) is 3. The summed E-state index contributed by atoms with van der Waals surface area (Å²) in [6.45, 7) is 1.27. The van der Waals surface area contributed by atoms with Crippen molar-refractivity contribution in [1.82, 2.24) is 0 Å². The van der Waals surface area contributed by atoms with Gasteiger partial charge in [-0.15, -0.1) is 0 Å². The van der Waals surface area contributed by atoms with Crippen molar-refractivity contribution in [2.45, 2.75) is 6.92 Å². The van der Waals surface area contributed by atoms with Gasteiger partial charge in [-0.05, 0) is 81.6 Å². The van der Waals surface area contributed by atoms with Gasteiger partial charge in [0, 0.05) is 16.2 Å². The van der Waals surface area contributed by atoms with E-state index < -0.39 is 11.9 Å². The molecule has 0 spiro atoms. The molecule has 7 heteroatoms. The standard InChI is InChI=1S/C15H10FI2NO3/c1-8(20)22-14-12(6-10(17)7-13(14)18)15(21)19-11-4-2-9(16)3-5-11/h2-7H,1H3,(H,19,21). The lowest BCUT2D eigenvalue weighted by Gasteiger charge is -2.12. The predicted octanol–water partition coefficient (Wildman–Crippen LogP) is 4.21. The number of carbonyl (C=O) groups is 2. The van der Waals surface area contributed by atoms with E-state index >= 15 is 0 Å². The Labute approximate surface area is 153 Å². The molecule has 0 aliphatic heterocycles. The molecule has 4 nitrogen and oxygen atoms in total. The van der Waals surface area contributed by atoms with Crippen LogP contribution >= 0.6 is 45.2 Å². The van der Waals surface area contributed by atoms with Crippen LogP contribution in [0.2, 0.25) is 0 Å². The highest BCUT2D eigenvalue weighted by Gasteiger charge is 2.18. The fraction of sp³-hybridized carbons (Fsp3) is 0.0667. The van der Waals surface area contributed by atoms with E-state index in [0.29, 0.717) is 9.26 Å². The molecule has 0 heterocycles. The molecule has 114 valence electrons. The second-order valence-electron chi connectivity index (χ2n) is 4.32. The van der Waals surface area contributed by atoms with Gasteiger partial charge in [-0.1, -0.05) is 0 Å². The molecule has 2 rings (SSSR count). The Morgan fingerprint density at radius 2 is 1.77 bits per heavy atom. The van der Waals surface area contributed by atoms with E-state index in [9.17, 15) is 14.0 Å². The number of amides is 1. The van der Waals surface area contributed by atoms with Crippen LogP contribution < -0.4 is 10.1 Å². The fourth-order valence-corrected chi connectivity index (χ4v) is 3.66. The minimum absolute atomic E-state index is 0.216. The first-order valence-electron chi connectivity index (χ1n) is 6.11. The molecule has 0 fully saturated rings. The molecule has 22 heavy (non-hydrogen) atoms. The van der Waals surface area contributed by atoms with Crippen molar-refractivity contribution in [3.8, 4) is 5.75 Å². The SMILES string of the molecule is CC(=O)Oc1c(I)cc(I)cc1C(=O)Nc1ccc(F)cc1. The minimum atomic E-state index is -0.505. The zero-order valence-corrected chi connectivity index (χ0v) is 15.6. The number of hydrogen-bond donors (Lipinski definition) is 1. The van der Waals surface area contributed by atoms with Gasteiger partial charge in [-0.2, -0.15) is 0 Å². The molecule has 1 amide bonds. The number of halogens is 3. The Balaban J connectivity index is 2.35. The minimum Gasteiger partial charge on any atom is -0.425 e. The van der Waals surface area contributed by atoms with Crippen LogP contribution in [0, 0.1) is 13.0 Å². The Hall–Kier alpha value is -1.23. The molecule has 0 saturated carbocycles. The van der Waals surface area contributed by atoms with Crippen molar-refractivity contribution in [2.75, 3.05) is 5.32 Å². The summed E-state index contributed by atoms with van der Waals surface area (Å²) in [6.07, 6.45) is 0. The van der Waals surface area contributed by atoms with E-state index in [-0.39, 0.29) is 17.1 Å². The largest absolute Gasteiger partial charge is 0.425 e. The average molecular weight is 525 g/mol. The highest BCUT2D eigenvalue weighted by atomic mass is 127. The smallest absolute Gasteiger partial charge is 0.308 e. The van der Waals surface area contributed by atoms with Gasteiger partial charge in [0.25, 0.3) is 5.91 Å². The van der Waals surface area contributed by atoms with Gasteiger partial charge < -0.3 is 10.1 Å². The van der Waals surface area contributed by atoms with E-state index in [1.54, 1.807) is 12.1 Å². The molecule has 1 N–H and O–H groups in total. The third-order valence-corrected chi connectivity index (χ3v) is 4.02. The second kappa shape index (κ2) is 7.36. The van der Waals surface area contributed by atoms with Gasteiger partial charge in [0.15, 0.2) is 5.75 Å². The third kappa shape index (κ3) is 4.38. The van der Waals surface area contributed by atoms with Crippen LogP contribution in [0.25, 0.3) is 0 Å². The topological polar surface area (TPSA) is 55.4 Å². The molecule has 2 aromatic carbocycles. The van der Waals surface area contributed by atoms with Crippen molar-refractivity contribution in [2.24, 2.45) is 0 Å². The third-order valence-electron chi connectivity index (χ3n) is 2.60. The molecule has 0 aliphatic carbocycles. The lowest BCUT2D eigenvalue weighted by molar-refractivity contribution is -0.131. The van der Waals surface area contributed by atoms with E-state index in [1.165, 1.54) is 31.2 Å². The Bertz CT molecular complexity index is 732. The van der Waals surface area contributed by atoms with E-state index in [1.807, 2.05) is 22.6 Å². The first-order valence-corrected chi connectivity index (χ1v) is 8.27. The van der Waals surface area contributed by atoms with Gasteiger partial charge in [0.05, 0.1) is 9.13 Å². The number of nitrogens with one attached hydrogen (secondary N) is 1. The molecular formula is C15H10FI2NO3. The van der Waals surface area contributed by atoms with Gasteiger partial charge >= 0.3 is 5.97 Å². The van der Waals surface area contributed by atoms with E-state index in [0.717, 1.165) is 3.57 Å². The summed E-state index contributed by atoms with van der Waals surface area (Å²) in [6, 6.07) is 8.84. The van der Waals surface area contributed by atoms with Gasteiger partial charge in [0.2, 0.25) is 0 Å². The quantitative estimate of drug-likeness (QED) is 0.372. The summed E-state index contributed by atoms with van der Waals surface area (Å²) < 4.78 is 19.5. The molecule has 0 bridgehead atoms.